The Morgan fingerprint density at radius 3 is 2.69 bits per heavy atom. The van der Waals surface area contributed by atoms with Crippen LogP contribution in [0.5, 0.6) is 0 Å². The molecule has 1 heterocycles. The van der Waals surface area contributed by atoms with Crippen LogP contribution in [0.4, 0.5) is 0 Å². The van der Waals surface area contributed by atoms with E-state index in [0.29, 0.717) is 0 Å². The SMILES string of the molecule is CCC(C)NC(C(=O)O)c1cn(C)nc1C. The van der Waals surface area contributed by atoms with Crippen molar-refractivity contribution >= 4 is 5.97 Å². The molecule has 0 aliphatic rings. The van der Waals surface area contributed by atoms with E-state index in [9.17, 15) is 9.90 Å². The first-order valence-electron chi connectivity index (χ1n) is 5.44. The van der Waals surface area contributed by atoms with Crippen LogP contribution in [0.2, 0.25) is 0 Å². The van der Waals surface area contributed by atoms with Gasteiger partial charge in [0, 0.05) is 24.8 Å². The van der Waals surface area contributed by atoms with E-state index in [4.69, 9.17) is 0 Å². The van der Waals surface area contributed by atoms with Crippen LogP contribution >= 0.6 is 0 Å². The molecule has 0 bridgehead atoms. The number of carboxylic acid groups (broad SMARTS) is 1. The average Bonchev–Trinajstić information content (AvgIpc) is 2.53. The Kier molecular flexibility index (Phi) is 4.06. The summed E-state index contributed by atoms with van der Waals surface area (Å²) in [6.07, 6.45) is 2.65. The van der Waals surface area contributed by atoms with Crippen molar-refractivity contribution in [1.82, 2.24) is 15.1 Å². The fraction of sp³-hybridized carbons (Fsp3) is 0.636. The minimum absolute atomic E-state index is 0.167. The number of nitrogens with zero attached hydrogens (tertiary/aromatic N) is 2. The second-order valence-corrected chi connectivity index (χ2v) is 4.09. The minimum atomic E-state index is -0.864. The van der Waals surface area contributed by atoms with Gasteiger partial charge in [0.15, 0.2) is 0 Å². The summed E-state index contributed by atoms with van der Waals surface area (Å²) in [7, 11) is 1.79. The first-order valence-corrected chi connectivity index (χ1v) is 5.44. The first-order chi connectivity index (χ1) is 7.45. The predicted molar refractivity (Wildman–Crippen MR) is 61.2 cm³/mol. The quantitative estimate of drug-likeness (QED) is 0.791. The number of hydrogen-bond acceptors (Lipinski definition) is 3. The second-order valence-electron chi connectivity index (χ2n) is 4.09. The fourth-order valence-electron chi connectivity index (χ4n) is 1.60. The average molecular weight is 225 g/mol. The van der Waals surface area contributed by atoms with Gasteiger partial charge in [-0.15, -0.1) is 0 Å². The summed E-state index contributed by atoms with van der Waals surface area (Å²) in [5, 5.41) is 16.4. The van der Waals surface area contributed by atoms with Crippen molar-refractivity contribution in [1.29, 1.82) is 0 Å². The molecule has 0 fully saturated rings. The van der Waals surface area contributed by atoms with Gasteiger partial charge in [-0.3, -0.25) is 14.8 Å². The maximum atomic E-state index is 11.2. The number of carbonyl (C=O) groups is 1. The third kappa shape index (κ3) is 2.82. The van der Waals surface area contributed by atoms with Crippen molar-refractivity contribution in [3.05, 3.63) is 17.5 Å². The highest BCUT2D eigenvalue weighted by Crippen LogP contribution is 2.17. The Morgan fingerprint density at radius 1 is 1.69 bits per heavy atom. The first kappa shape index (κ1) is 12.7. The molecule has 0 aliphatic carbocycles. The van der Waals surface area contributed by atoms with Crippen LogP contribution in [0.3, 0.4) is 0 Å². The molecular formula is C11H19N3O2. The fourth-order valence-corrected chi connectivity index (χ4v) is 1.60. The van der Waals surface area contributed by atoms with E-state index in [2.05, 4.69) is 10.4 Å². The summed E-state index contributed by atoms with van der Waals surface area (Å²) in [6, 6.07) is -0.510. The molecule has 5 heteroatoms. The molecule has 1 rings (SSSR count). The molecule has 16 heavy (non-hydrogen) atoms. The second kappa shape index (κ2) is 5.12. The van der Waals surface area contributed by atoms with E-state index >= 15 is 0 Å². The topological polar surface area (TPSA) is 67.2 Å². The molecule has 0 radical (unpaired) electrons. The largest absolute Gasteiger partial charge is 0.480 e. The third-order valence-electron chi connectivity index (χ3n) is 2.67. The molecule has 0 aromatic carbocycles. The predicted octanol–water partition coefficient (Wildman–Crippen LogP) is 1.24. The van der Waals surface area contributed by atoms with Crippen LogP contribution in [-0.2, 0) is 11.8 Å². The number of aliphatic carboxylic acids is 1. The Balaban J connectivity index is 2.94. The van der Waals surface area contributed by atoms with Crippen LogP contribution < -0.4 is 5.32 Å². The number of aromatic nitrogens is 2. The highest BCUT2D eigenvalue weighted by atomic mass is 16.4. The summed E-state index contributed by atoms with van der Waals surface area (Å²) >= 11 is 0. The lowest BCUT2D eigenvalue weighted by Crippen LogP contribution is -2.35. The molecular weight excluding hydrogens is 206 g/mol. The monoisotopic (exact) mass is 225 g/mol. The van der Waals surface area contributed by atoms with Gasteiger partial charge in [-0.25, -0.2) is 0 Å². The van der Waals surface area contributed by atoms with E-state index in [0.717, 1.165) is 17.7 Å². The highest BCUT2D eigenvalue weighted by Gasteiger charge is 2.24. The minimum Gasteiger partial charge on any atom is -0.480 e. The molecule has 0 saturated heterocycles. The molecule has 0 amide bonds. The molecule has 0 saturated carbocycles. The van der Waals surface area contributed by atoms with Gasteiger partial charge in [-0.2, -0.15) is 5.10 Å². The van der Waals surface area contributed by atoms with Crippen molar-refractivity contribution in [3.8, 4) is 0 Å². The Morgan fingerprint density at radius 2 is 2.31 bits per heavy atom. The molecule has 5 nitrogen and oxygen atoms in total. The molecule has 1 aromatic rings. The number of hydrogen-bond donors (Lipinski definition) is 2. The Bertz CT molecular complexity index is 373. The van der Waals surface area contributed by atoms with Crippen LogP contribution in [0.25, 0.3) is 0 Å². The van der Waals surface area contributed by atoms with Gasteiger partial charge in [-0.05, 0) is 20.3 Å². The van der Waals surface area contributed by atoms with E-state index < -0.39 is 12.0 Å². The molecule has 0 spiro atoms. The lowest BCUT2D eigenvalue weighted by Gasteiger charge is -2.18. The number of carboxylic acids is 1. The van der Waals surface area contributed by atoms with Gasteiger partial charge < -0.3 is 5.11 Å². The zero-order chi connectivity index (χ0) is 12.3. The number of aryl methyl sites for hydroxylation is 2. The molecule has 0 aliphatic heterocycles. The summed E-state index contributed by atoms with van der Waals surface area (Å²) in [5.41, 5.74) is 1.49. The number of rotatable bonds is 5. The highest BCUT2D eigenvalue weighted by molar-refractivity contribution is 5.75. The zero-order valence-electron chi connectivity index (χ0n) is 10.2. The maximum absolute atomic E-state index is 11.2. The third-order valence-corrected chi connectivity index (χ3v) is 2.67. The van der Waals surface area contributed by atoms with E-state index in [1.54, 1.807) is 17.9 Å². The van der Waals surface area contributed by atoms with Crippen molar-refractivity contribution in [2.45, 2.75) is 39.3 Å². The van der Waals surface area contributed by atoms with Gasteiger partial charge >= 0.3 is 5.97 Å². The molecule has 1 aromatic heterocycles. The molecule has 90 valence electrons. The van der Waals surface area contributed by atoms with Gasteiger partial charge in [0.25, 0.3) is 0 Å². The Hall–Kier alpha value is -1.36. The lowest BCUT2D eigenvalue weighted by molar-refractivity contribution is -0.139. The zero-order valence-corrected chi connectivity index (χ0v) is 10.2. The van der Waals surface area contributed by atoms with Crippen LogP contribution in [0, 0.1) is 6.92 Å². The van der Waals surface area contributed by atoms with E-state index in [-0.39, 0.29) is 6.04 Å². The van der Waals surface area contributed by atoms with Crippen molar-refractivity contribution < 1.29 is 9.90 Å². The maximum Gasteiger partial charge on any atom is 0.325 e. The van der Waals surface area contributed by atoms with Gasteiger partial charge in [0.1, 0.15) is 6.04 Å². The lowest BCUT2D eigenvalue weighted by atomic mass is 10.1. The van der Waals surface area contributed by atoms with Crippen LogP contribution in [0.1, 0.15) is 37.6 Å². The normalized spacial score (nSPS) is 14.8. The van der Waals surface area contributed by atoms with Crippen molar-refractivity contribution in [2.24, 2.45) is 7.05 Å². The van der Waals surface area contributed by atoms with Crippen LogP contribution in [0.15, 0.2) is 6.20 Å². The molecule has 2 atom stereocenters. The van der Waals surface area contributed by atoms with Crippen molar-refractivity contribution in [2.75, 3.05) is 0 Å². The summed E-state index contributed by atoms with van der Waals surface area (Å²) in [5.74, 6) is -0.864. The van der Waals surface area contributed by atoms with E-state index in [1.165, 1.54) is 0 Å². The summed E-state index contributed by atoms with van der Waals surface area (Å²) in [4.78, 5) is 11.2. The number of nitrogens with one attached hydrogen (secondary N) is 1. The standard InChI is InChI=1S/C11H19N3O2/c1-5-7(2)12-10(11(15)16)9-6-14(4)13-8(9)3/h6-7,10,12H,5H2,1-4H3,(H,15,16). The van der Waals surface area contributed by atoms with Crippen molar-refractivity contribution in [3.63, 3.8) is 0 Å². The van der Waals surface area contributed by atoms with Gasteiger partial charge in [0.05, 0.1) is 5.69 Å². The summed E-state index contributed by atoms with van der Waals surface area (Å²) < 4.78 is 1.64. The van der Waals surface area contributed by atoms with Gasteiger partial charge in [-0.1, -0.05) is 6.92 Å². The van der Waals surface area contributed by atoms with E-state index in [1.807, 2.05) is 20.8 Å². The van der Waals surface area contributed by atoms with Crippen LogP contribution in [-0.4, -0.2) is 26.9 Å². The molecule has 2 unspecified atom stereocenters. The Labute approximate surface area is 95.5 Å². The van der Waals surface area contributed by atoms with Gasteiger partial charge in [0.2, 0.25) is 0 Å². The smallest absolute Gasteiger partial charge is 0.325 e. The summed E-state index contributed by atoms with van der Waals surface area (Å²) in [6.45, 7) is 5.82. The molecule has 2 N–H and O–H groups in total.